The van der Waals surface area contributed by atoms with Gasteiger partial charge in [-0.1, -0.05) is 38.1 Å². The van der Waals surface area contributed by atoms with E-state index in [-0.39, 0.29) is 5.91 Å². The van der Waals surface area contributed by atoms with Gasteiger partial charge in [0.25, 0.3) is 0 Å². The minimum atomic E-state index is -0.0984. The first-order chi connectivity index (χ1) is 8.09. The molecule has 0 saturated carbocycles. The van der Waals surface area contributed by atoms with Crippen LogP contribution in [0.2, 0.25) is 0 Å². The number of anilines is 1. The minimum absolute atomic E-state index is 0.0984. The molecule has 0 bridgehead atoms. The van der Waals surface area contributed by atoms with Crippen molar-refractivity contribution in [3.63, 3.8) is 0 Å². The van der Waals surface area contributed by atoms with E-state index >= 15 is 0 Å². The molecular weight excluding hydrogens is 214 g/mol. The van der Waals surface area contributed by atoms with Gasteiger partial charge in [-0.2, -0.15) is 0 Å². The van der Waals surface area contributed by atoms with Crippen molar-refractivity contribution in [2.75, 3.05) is 11.9 Å². The fraction of sp³-hybridized carbons (Fsp3) is 0.357. The lowest BCUT2D eigenvalue weighted by Crippen LogP contribution is -2.07. The molecule has 3 heteroatoms. The van der Waals surface area contributed by atoms with E-state index in [1.807, 2.05) is 30.3 Å². The van der Waals surface area contributed by atoms with Crippen molar-refractivity contribution in [3.8, 4) is 5.75 Å². The molecular formula is C14H19NO2. The van der Waals surface area contributed by atoms with Gasteiger partial charge in [0.15, 0.2) is 0 Å². The molecule has 92 valence electrons. The van der Waals surface area contributed by atoms with Crippen LogP contribution in [-0.4, -0.2) is 12.5 Å². The Morgan fingerprint density at radius 3 is 2.76 bits per heavy atom. The molecule has 17 heavy (non-hydrogen) atoms. The highest BCUT2D eigenvalue weighted by Crippen LogP contribution is 2.23. The standard InChI is InChI=1S/C14H19NO2/c1-11(2)7-6-10-17-14-9-5-4-8-13(14)15-12(3)16/h4-9,11H,10H2,1-3H3,(H,15,16)/b7-6+. The van der Waals surface area contributed by atoms with Gasteiger partial charge in [0.1, 0.15) is 12.4 Å². The predicted octanol–water partition coefficient (Wildman–Crippen LogP) is 3.24. The van der Waals surface area contributed by atoms with Crippen molar-refractivity contribution in [1.29, 1.82) is 0 Å². The van der Waals surface area contributed by atoms with Crippen LogP contribution in [0.4, 0.5) is 5.69 Å². The first-order valence-electron chi connectivity index (χ1n) is 5.75. The topological polar surface area (TPSA) is 38.3 Å². The number of para-hydroxylation sites is 2. The molecule has 0 fully saturated rings. The van der Waals surface area contributed by atoms with Crippen molar-refractivity contribution in [3.05, 3.63) is 36.4 Å². The third-order valence-corrected chi connectivity index (χ3v) is 2.05. The molecule has 1 N–H and O–H groups in total. The summed E-state index contributed by atoms with van der Waals surface area (Å²) in [5.41, 5.74) is 0.706. The van der Waals surface area contributed by atoms with Gasteiger partial charge in [0.2, 0.25) is 5.91 Å². The molecule has 0 aliphatic heterocycles. The first kappa shape index (κ1) is 13.3. The normalized spacial score (nSPS) is 10.8. The summed E-state index contributed by atoms with van der Waals surface area (Å²) in [6.07, 6.45) is 4.07. The third kappa shape index (κ3) is 5.20. The smallest absolute Gasteiger partial charge is 0.221 e. The van der Waals surface area contributed by atoms with Crippen LogP contribution in [0.5, 0.6) is 5.75 Å². The van der Waals surface area contributed by atoms with Gasteiger partial charge < -0.3 is 10.1 Å². The average molecular weight is 233 g/mol. The van der Waals surface area contributed by atoms with E-state index in [1.165, 1.54) is 6.92 Å². The number of benzene rings is 1. The van der Waals surface area contributed by atoms with Gasteiger partial charge in [-0.3, -0.25) is 4.79 Å². The van der Waals surface area contributed by atoms with Crippen molar-refractivity contribution < 1.29 is 9.53 Å². The Kier molecular flexibility index (Phi) is 5.27. The van der Waals surface area contributed by atoms with Gasteiger partial charge in [-0.15, -0.1) is 0 Å². The van der Waals surface area contributed by atoms with E-state index in [1.54, 1.807) is 0 Å². The summed E-state index contributed by atoms with van der Waals surface area (Å²) in [4.78, 5) is 11.0. The summed E-state index contributed by atoms with van der Waals surface area (Å²) in [5.74, 6) is 1.11. The fourth-order valence-corrected chi connectivity index (χ4v) is 1.35. The van der Waals surface area contributed by atoms with Crippen LogP contribution in [0.15, 0.2) is 36.4 Å². The second-order valence-corrected chi connectivity index (χ2v) is 4.16. The summed E-state index contributed by atoms with van der Waals surface area (Å²) in [6.45, 7) is 6.22. The lowest BCUT2D eigenvalue weighted by molar-refractivity contribution is -0.114. The average Bonchev–Trinajstić information content (AvgIpc) is 2.25. The number of rotatable bonds is 5. The van der Waals surface area contributed by atoms with E-state index in [0.29, 0.717) is 24.0 Å². The largest absolute Gasteiger partial charge is 0.487 e. The predicted molar refractivity (Wildman–Crippen MR) is 70.2 cm³/mol. The molecule has 0 aliphatic carbocycles. The van der Waals surface area contributed by atoms with Crippen LogP contribution in [0.25, 0.3) is 0 Å². The molecule has 0 heterocycles. The van der Waals surface area contributed by atoms with Gasteiger partial charge in [-0.05, 0) is 18.1 Å². The van der Waals surface area contributed by atoms with Crippen molar-refractivity contribution in [2.45, 2.75) is 20.8 Å². The van der Waals surface area contributed by atoms with E-state index in [2.05, 4.69) is 25.2 Å². The fourth-order valence-electron chi connectivity index (χ4n) is 1.35. The van der Waals surface area contributed by atoms with Gasteiger partial charge in [0.05, 0.1) is 5.69 Å². The number of amides is 1. The minimum Gasteiger partial charge on any atom is -0.487 e. The number of allylic oxidation sites excluding steroid dienone is 1. The van der Waals surface area contributed by atoms with Crippen molar-refractivity contribution in [2.24, 2.45) is 5.92 Å². The van der Waals surface area contributed by atoms with E-state index < -0.39 is 0 Å². The Bertz CT molecular complexity index is 397. The molecule has 0 aliphatic rings. The number of hydrogen-bond donors (Lipinski definition) is 1. The number of nitrogens with one attached hydrogen (secondary N) is 1. The van der Waals surface area contributed by atoms with E-state index in [4.69, 9.17) is 4.74 Å². The molecule has 0 aromatic heterocycles. The van der Waals surface area contributed by atoms with Gasteiger partial charge in [-0.25, -0.2) is 0 Å². The van der Waals surface area contributed by atoms with Crippen molar-refractivity contribution >= 4 is 11.6 Å². The van der Waals surface area contributed by atoms with Crippen LogP contribution >= 0.6 is 0 Å². The zero-order valence-electron chi connectivity index (χ0n) is 10.6. The zero-order chi connectivity index (χ0) is 12.7. The van der Waals surface area contributed by atoms with Gasteiger partial charge >= 0.3 is 0 Å². The lowest BCUT2D eigenvalue weighted by Gasteiger charge is -2.09. The molecule has 0 saturated heterocycles. The van der Waals surface area contributed by atoms with E-state index in [9.17, 15) is 4.79 Å². The first-order valence-corrected chi connectivity index (χ1v) is 5.75. The van der Waals surface area contributed by atoms with Crippen LogP contribution in [-0.2, 0) is 4.79 Å². The number of carbonyl (C=O) groups excluding carboxylic acids is 1. The van der Waals surface area contributed by atoms with Crippen LogP contribution in [0.3, 0.4) is 0 Å². The highest BCUT2D eigenvalue weighted by Gasteiger charge is 2.02. The molecule has 0 atom stereocenters. The lowest BCUT2D eigenvalue weighted by atomic mass is 10.2. The molecule has 0 spiro atoms. The Morgan fingerprint density at radius 2 is 2.12 bits per heavy atom. The summed E-state index contributed by atoms with van der Waals surface area (Å²) in [5, 5.41) is 2.74. The summed E-state index contributed by atoms with van der Waals surface area (Å²) >= 11 is 0. The SMILES string of the molecule is CC(=O)Nc1ccccc1OC/C=C/C(C)C. The molecule has 1 aromatic rings. The quantitative estimate of drug-likeness (QED) is 0.793. The molecule has 0 unspecified atom stereocenters. The Hall–Kier alpha value is -1.77. The molecule has 0 radical (unpaired) electrons. The summed E-state index contributed by atoms with van der Waals surface area (Å²) in [6, 6.07) is 7.41. The van der Waals surface area contributed by atoms with Gasteiger partial charge in [0, 0.05) is 6.92 Å². The molecule has 3 nitrogen and oxygen atoms in total. The highest BCUT2D eigenvalue weighted by molar-refractivity contribution is 5.90. The Balaban J connectivity index is 2.60. The molecule has 1 amide bonds. The second-order valence-electron chi connectivity index (χ2n) is 4.16. The summed E-state index contributed by atoms with van der Waals surface area (Å²) < 4.78 is 5.59. The Labute approximate surface area is 102 Å². The zero-order valence-corrected chi connectivity index (χ0v) is 10.6. The molecule has 1 aromatic carbocycles. The highest BCUT2D eigenvalue weighted by atomic mass is 16.5. The monoisotopic (exact) mass is 233 g/mol. The second kappa shape index (κ2) is 6.74. The number of hydrogen-bond acceptors (Lipinski definition) is 2. The summed E-state index contributed by atoms with van der Waals surface area (Å²) in [7, 11) is 0. The van der Waals surface area contributed by atoms with Crippen LogP contribution in [0, 0.1) is 5.92 Å². The Morgan fingerprint density at radius 1 is 1.41 bits per heavy atom. The van der Waals surface area contributed by atoms with Crippen molar-refractivity contribution in [1.82, 2.24) is 0 Å². The maximum Gasteiger partial charge on any atom is 0.221 e. The number of carbonyl (C=O) groups is 1. The maximum atomic E-state index is 11.0. The number of ether oxygens (including phenoxy) is 1. The van der Waals surface area contributed by atoms with E-state index in [0.717, 1.165) is 0 Å². The third-order valence-electron chi connectivity index (χ3n) is 2.05. The van der Waals surface area contributed by atoms with Crippen LogP contribution in [0.1, 0.15) is 20.8 Å². The van der Waals surface area contributed by atoms with Crippen LogP contribution < -0.4 is 10.1 Å². The molecule has 1 rings (SSSR count). The maximum absolute atomic E-state index is 11.0.